The van der Waals surface area contributed by atoms with Crippen LogP contribution in [-0.2, 0) is 9.53 Å². The molecular weight excluding hydrogens is 280 g/mol. The summed E-state index contributed by atoms with van der Waals surface area (Å²) >= 11 is 5.98. The van der Waals surface area contributed by atoms with E-state index in [4.69, 9.17) is 16.3 Å². The summed E-state index contributed by atoms with van der Waals surface area (Å²) in [4.78, 5) is 25.1. The molecule has 1 rings (SSSR count). The number of hydrogen-bond donors (Lipinski definition) is 1. The first-order chi connectivity index (χ1) is 8.98. The highest BCUT2D eigenvalue weighted by atomic mass is 35.5. The van der Waals surface area contributed by atoms with Crippen molar-refractivity contribution in [2.24, 2.45) is 5.41 Å². The third-order valence-electron chi connectivity index (χ3n) is 2.90. The van der Waals surface area contributed by atoms with Crippen molar-refractivity contribution in [1.29, 1.82) is 0 Å². The lowest BCUT2D eigenvalue weighted by Gasteiger charge is -2.31. The third-order valence-corrected chi connectivity index (χ3v) is 3.19. The Labute approximate surface area is 126 Å². The van der Waals surface area contributed by atoms with Crippen LogP contribution in [-0.4, -0.2) is 47.5 Å². The topological polar surface area (TPSA) is 58.6 Å². The summed E-state index contributed by atoms with van der Waals surface area (Å²) in [6.07, 6.45) is -0.0366. The molecule has 1 heterocycles. The van der Waals surface area contributed by atoms with E-state index in [0.717, 1.165) is 0 Å². The highest BCUT2D eigenvalue weighted by Gasteiger charge is 2.32. The lowest BCUT2D eigenvalue weighted by Crippen LogP contribution is -2.44. The first-order valence-corrected chi connectivity index (χ1v) is 7.31. The summed E-state index contributed by atoms with van der Waals surface area (Å²) in [6.45, 7) is 11.1. The Bertz CT molecular complexity index is 377. The lowest BCUT2D eigenvalue weighted by molar-refractivity contribution is -0.128. The van der Waals surface area contributed by atoms with Gasteiger partial charge in [-0.15, -0.1) is 11.6 Å². The van der Waals surface area contributed by atoms with Gasteiger partial charge in [-0.1, -0.05) is 13.8 Å². The number of likely N-dealkylation sites (tertiary alicyclic amines) is 1. The van der Waals surface area contributed by atoms with Crippen LogP contribution in [0.4, 0.5) is 4.79 Å². The maximum atomic E-state index is 11.7. The molecule has 6 heteroatoms. The zero-order chi connectivity index (χ0) is 15.6. The minimum absolute atomic E-state index is 0.0790. The second-order valence-corrected chi connectivity index (χ2v) is 7.71. The number of ether oxygens (including phenoxy) is 1. The van der Waals surface area contributed by atoms with Crippen LogP contribution in [0.5, 0.6) is 0 Å². The smallest absolute Gasteiger partial charge is 0.407 e. The molecule has 0 aromatic rings. The molecule has 116 valence electrons. The molecule has 1 atom stereocenters. The predicted octanol–water partition coefficient (Wildman–Crippen LogP) is 2.38. The average molecular weight is 305 g/mol. The van der Waals surface area contributed by atoms with Crippen LogP contribution in [0.1, 0.15) is 41.0 Å². The van der Waals surface area contributed by atoms with Crippen molar-refractivity contribution >= 4 is 23.6 Å². The number of rotatable bonds is 4. The van der Waals surface area contributed by atoms with Gasteiger partial charge in [0.2, 0.25) is 5.91 Å². The fourth-order valence-corrected chi connectivity index (χ4v) is 2.37. The first-order valence-electron chi connectivity index (χ1n) is 6.87. The molecule has 0 aliphatic carbocycles. The summed E-state index contributed by atoms with van der Waals surface area (Å²) in [5.41, 5.74) is -0.738. The van der Waals surface area contributed by atoms with Crippen molar-refractivity contribution in [3.63, 3.8) is 0 Å². The molecule has 0 bridgehead atoms. The summed E-state index contributed by atoms with van der Waals surface area (Å²) in [5, 5.41) is 2.65. The van der Waals surface area contributed by atoms with Crippen molar-refractivity contribution in [2.45, 2.75) is 52.0 Å². The van der Waals surface area contributed by atoms with Gasteiger partial charge in [0.1, 0.15) is 5.60 Å². The van der Waals surface area contributed by atoms with E-state index in [-0.39, 0.29) is 16.7 Å². The monoisotopic (exact) mass is 304 g/mol. The second kappa shape index (κ2) is 6.20. The van der Waals surface area contributed by atoms with Gasteiger partial charge in [0.15, 0.2) is 0 Å². The van der Waals surface area contributed by atoms with E-state index in [1.807, 2.05) is 34.6 Å². The second-order valence-electron chi connectivity index (χ2n) is 7.10. The van der Waals surface area contributed by atoms with Crippen molar-refractivity contribution in [3.05, 3.63) is 0 Å². The van der Waals surface area contributed by atoms with Gasteiger partial charge >= 0.3 is 6.09 Å². The Kier molecular flexibility index (Phi) is 5.30. The van der Waals surface area contributed by atoms with Crippen LogP contribution in [0.2, 0.25) is 0 Å². The molecule has 1 aliphatic rings. The molecule has 5 nitrogen and oxygen atoms in total. The number of amides is 2. The van der Waals surface area contributed by atoms with Gasteiger partial charge in [0.25, 0.3) is 0 Å². The van der Waals surface area contributed by atoms with Crippen LogP contribution >= 0.6 is 11.6 Å². The average Bonchev–Trinajstić information content (AvgIpc) is 2.51. The molecule has 2 amide bonds. The quantitative estimate of drug-likeness (QED) is 0.811. The van der Waals surface area contributed by atoms with Gasteiger partial charge in [-0.25, -0.2) is 4.79 Å². The number of hydrogen-bond acceptors (Lipinski definition) is 3. The number of nitrogens with zero attached hydrogens (tertiary/aromatic N) is 1. The molecule has 0 aromatic carbocycles. The largest absolute Gasteiger partial charge is 0.444 e. The summed E-state index contributed by atoms with van der Waals surface area (Å²) < 4.78 is 5.19. The number of nitrogens with one attached hydrogen (secondary N) is 1. The van der Waals surface area contributed by atoms with E-state index in [2.05, 4.69) is 5.32 Å². The highest BCUT2D eigenvalue weighted by Crippen LogP contribution is 2.23. The molecule has 1 fully saturated rings. The predicted molar refractivity (Wildman–Crippen MR) is 78.9 cm³/mol. The molecule has 1 N–H and O–H groups in total. The molecule has 0 saturated carbocycles. The fourth-order valence-electron chi connectivity index (χ4n) is 2.08. The zero-order valence-electron chi connectivity index (χ0n) is 13.0. The number of halogens is 1. The molecule has 1 unspecified atom stereocenters. The van der Waals surface area contributed by atoms with Crippen LogP contribution in [0, 0.1) is 5.41 Å². The Morgan fingerprint density at radius 1 is 1.40 bits per heavy atom. The standard InChI is InChI=1S/C14H25ClN2O3/c1-13(2,3)20-12(19)16-8-14(4,5)9-17-7-10(15)6-11(17)18/h10H,6-9H2,1-5H3,(H,16,19). The Morgan fingerprint density at radius 2 is 2.00 bits per heavy atom. The number of carbonyl (C=O) groups excluding carboxylic acids is 2. The van der Waals surface area contributed by atoms with Crippen molar-refractivity contribution in [3.8, 4) is 0 Å². The number of carbonyl (C=O) groups is 2. The van der Waals surface area contributed by atoms with Crippen molar-refractivity contribution < 1.29 is 14.3 Å². The molecule has 0 radical (unpaired) electrons. The molecule has 0 aromatic heterocycles. The Hall–Kier alpha value is -0.970. The SMILES string of the molecule is CC(C)(CNC(=O)OC(C)(C)C)CN1CC(Cl)CC1=O. The zero-order valence-corrected chi connectivity index (χ0v) is 13.7. The number of alkyl carbamates (subject to hydrolysis) is 1. The van der Waals surface area contributed by atoms with Gasteiger partial charge in [-0.2, -0.15) is 0 Å². The van der Waals surface area contributed by atoms with Gasteiger partial charge in [0, 0.05) is 26.1 Å². The van der Waals surface area contributed by atoms with E-state index < -0.39 is 11.7 Å². The minimum Gasteiger partial charge on any atom is -0.444 e. The van der Waals surface area contributed by atoms with E-state index in [1.165, 1.54) is 0 Å². The van der Waals surface area contributed by atoms with E-state index in [0.29, 0.717) is 26.1 Å². The molecule has 1 saturated heterocycles. The normalized spacial score (nSPS) is 20.2. The lowest BCUT2D eigenvalue weighted by atomic mass is 9.93. The maximum Gasteiger partial charge on any atom is 0.407 e. The van der Waals surface area contributed by atoms with Crippen molar-refractivity contribution in [1.82, 2.24) is 10.2 Å². The summed E-state index contributed by atoms with van der Waals surface area (Å²) in [5.74, 6) is 0.0790. The van der Waals surface area contributed by atoms with Crippen LogP contribution in [0.25, 0.3) is 0 Å². The van der Waals surface area contributed by atoms with Gasteiger partial charge in [-0.3, -0.25) is 4.79 Å². The Balaban J connectivity index is 2.42. The van der Waals surface area contributed by atoms with Crippen LogP contribution in [0.3, 0.4) is 0 Å². The fraction of sp³-hybridized carbons (Fsp3) is 0.857. The molecular formula is C14H25ClN2O3. The third kappa shape index (κ3) is 5.99. The molecule has 0 spiro atoms. The van der Waals surface area contributed by atoms with Crippen molar-refractivity contribution in [2.75, 3.05) is 19.6 Å². The minimum atomic E-state index is -0.509. The van der Waals surface area contributed by atoms with E-state index >= 15 is 0 Å². The molecule has 1 aliphatic heterocycles. The summed E-state index contributed by atoms with van der Waals surface area (Å²) in [7, 11) is 0. The summed E-state index contributed by atoms with van der Waals surface area (Å²) in [6, 6.07) is 0. The molecule has 20 heavy (non-hydrogen) atoms. The maximum absolute atomic E-state index is 11.7. The Morgan fingerprint density at radius 3 is 2.45 bits per heavy atom. The van der Waals surface area contributed by atoms with Gasteiger partial charge in [-0.05, 0) is 26.2 Å². The highest BCUT2D eigenvalue weighted by molar-refractivity contribution is 6.22. The van der Waals surface area contributed by atoms with E-state index in [9.17, 15) is 9.59 Å². The van der Waals surface area contributed by atoms with Gasteiger partial charge < -0.3 is 15.0 Å². The van der Waals surface area contributed by atoms with E-state index in [1.54, 1.807) is 4.90 Å². The van der Waals surface area contributed by atoms with Gasteiger partial charge in [0.05, 0.1) is 5.38 Å². The van der Waals surface area contributed by atoms with Crippen LogP contribution in [0.15, 0.2) is 0 Å². The first kappa shape index (κ1) is 17.1. The number of alkyl halides is 1. The van der Waals surface area contributed by atoms with Crippen LogP contribution < -0.4 is 5.32 Å².